The number of amides is 2. The summed E-state index contributed by atoms with van der Waals surface area (Å²) >= 11 is 0. The van der Waals surface area contributed by atoms with Crippen molar-refractivity contribution in [3.05, 3.63) is 59.7 Å². The summed E-state index contributed by atoms with van der Waals surface area (Å²) in [4.78, 5) is 24.9. The highest BCUT2D eigenvalue weighted by Gasteiger charge is 2.29. The second kappa shape index (κ2) is 10.1. The van der Waals surface area contributed by atoms with E-state index in [1.165, 1.54) is 11.1 Å². The van der Waals surface area contributed by atoms with Crippen LogP contribution in [0.2, 0.25) is 0 Å². The van der Waals surface area contributed by atoms with E-state index in [0.29, 0.717) is 6.54 Å². The van der Waals surface area contributed by atoms with E-state index in [2.05, 4.69) is 10.6 Å². The molecule has 5 heteroatoms. The van der Waals surface area contributed by atoms with Gasteiger partial charge in [0.1, 0.15) is 5.75 Å². The van der Waals surface area contributed by atoms with Crippen LogP contribution in [0.5, 0.6) is 5.75 Å². The zero-order valence-corrected chi connectivity index (χ0v) is 17.2. The van der Waals surface area contributed by atoms with Gasteiger partial charge in [0, 0.05) is 24.1 Å². The normalized spacial score (nSPS) is 18.7. The molecule has 2 aromatic rings. The third-order valence-electron chi connectivity index (χ3n) is 5.66. The van der Waals surface area contributed by atoms with Gasteiger partial charge in [0.25, 0.3) is 0 Å². The predicted molar refractivity (Wildman–Crippen MR) is 115 cm³/mol. The van der Waals surface area contributed by atoms with Crippen molar-refractivity contribution in [3.8, 4) is 5.75 Å². The number of carbonyl (C=O) groups excluding carboxylic acids is 2. The van der Waals surface area contributed by atoms with Crippen molar-refractivity contribution in [2.45, 2.75) is 39.0 Å². The molecular weight excluding hydrogens is 364 g/mol. The van der Waals surface area contributed by atoms with E-state index in [1.807, 2.05) is 55.5 Å². The number of hydrogen-bond donors (Lipinski definition) is 2. The highest BCUT2D eigenvalue weighted by atomic mass is 16.5. The molecule has 1 aliphatic rings. The Morgan fingerprint density at radius 1 is 0.897 bits per heavy atom. The number of ether oxygens (including phenoxy) is 1. The maximum Gasteiger partial charge on any atom is 0.227 e. The lowest BCUT2D eigenvalue weighted by Crippen LogP contribution is -2.36. The molecule has 2 N–H and O–H groups in total. The van der Waals surface area contributed by atoms with E-state index in [4.69, 9.17) is 4.74 Å². The van der Waals surface area contributed by atoms with Crippen LogP contribution in [0, 0.1) is 18.8 Å². The Kier molecular flexibility index (Phi) is 7.28. The van der Waals surface area contributed by atoms with Crippen molar-refractivity contribution in [1.82, 2.24) is 5.32 Å². The van der Waals surface area contributed by atoms with Gasteiger partial charge in [-0.2, -0.15) is 0 Å². The second-order valence-electron chi connectivity index (χ2n) is 7.79. The van der Waals surface area contributed by atoms with Crippen LogP contribution in [0.25, 0.3) is 0 Å². The molecule has 2 amide bonds. The Balaban J connectivity index is 1.38. The van der Waals surface area contributed by atoms with Crippen LogP contribution in [-0.4, -0.2) is 25.5 Å². The first-order chi connectivity index (χ1) is 14.0. The van der Waals surface area contributed by atoms with Gasteiger partial charge in [-0.25, -0.2) is 0 Å². The third-order valence-corrected chi connectivity index (χ3v) is 5.66. The summed E-state index contributed by atoms with van der Waals surface area (Å²) in [5.41, 5.74) is 3.17. The van der Waals surface area contributed by atoms with Gasteiger partial charge in [0.15, 0.2) is 0 Å². The minimum absolute atomic E-state index is 0.00860. The molecule has 0 unspecified atom stereocenters. The molecule has 0 aromatic heterocycles. The number of hydrogen-bond acceptors (Lipinski definition) is 3. The molecule has 0 heterocycles. The molecule has 1 fully saturated rings. The number of benzene rings is 2. The van der Waals surface area contributed by atoms with Crippen LogP contribution < -0.4 is 15.4 Å². The van der Waals surface area contributed by atoms with E-state index < -0.39 is 0 Å². The number of nitrogens with one attached hydrogen (secondary N) is 2. The number of rotatable bonds is 7. The molecule has 0 saturated heterocycles. The van der Waals surface area contributed by atoms with Crippen molar-refractivity contribution in [3.63, 3.8) is 0 Å². The molecule has 29 heavy (non-hydrogen) atoms. The quantitative estimate of drug-likeness (QED) is 0.743. The summed E-state index contributed by atoms with van der Waals surface area (Å²) in [6.45, 7) is 2.65. The molecule has 1 saturated carbocycles. The Morgan fingerprint density at radius 3 is 2.07 bits per heavy atom. The standard InChI is InChI=1S/C24H30N2O3/c1-17-3-11-21(12-4-17)26-24(28)20-9-7-19(8-10-20)23(27)25-16-15-18-5-13-22(29-2)14-6-18/h3-6,11-14,19-20H,7-10,15-16H2,1-2H3,(H,25,27)(H,26,28). The van der Waals surface area contributed by atoms with E-state index in [1.54, 1.807) is 7.11 Å². The fourth-order valence-electron chi connectivity index (χ4n) is 3.77. The monoisotopic (exact) mass is 394 g/mol. The highest BCUT2D eigenvalue weighted by Crippen LogP contribution is 2.30. The average molecular weight is 395 g/mol. The maximum absolute atomic E-state index is 12.5. The summed E-state index contributed by atoms with van der Waals surface area (Å²) in [6, 6.07) is 15.7. The molecule has 1 aliphatic carbocycles. The van der Waals surface area contributed by atoms with Crippen LogP contribution in [0.3, 0.4) is 0 Å². The summed E-state index contributed by atoms with van der Waals surface area (Å²) in [5.74, 6) is 0.998. The zero-order chi connectivity index (χ0) is 20.6. The van der Waals surface area contributed by atoms with Gasteiger partial charge in [0.05, 0.1) is 7.11 Å². The van der Waals surface area contributed by atoms with Crippen molar-refractivity contribution in [2.24, 2.45) is 11.8 Å². The molecule has 0 bridgehead atoms. The van der Waals surface area contributed by atoms with Crippen molar-refractivity contribution >= 4 is 17.5 Å². The maximum atomic E-state index is 12.5. The lowest BCUT2D eigenvalue weighted by molar-refractivity contribution is -0.128. The van der Waals surface area contributed by atoms with Gasteiger partial charge >= 0.3 is 0 Å². The van der Waals surface area contributed by atoms with Crippen molar-refractivity contribution in [2.75, 3.05) is 19.0 Å². The number of anilines is 1. The van der Waals surface area contributed by atoms with E-state index >= 15 is 0 Å². The van der Waals surface area contributed by atoms with Crippen LogP contribution in [0.15, 0.2) is 48.5 Å². The molecule has 2 aromatic carbocycles. The van der Waals surface area contributed by atoms with Crippen molar-refractivity contribution in [1.29, 1.82) is 0 Å². The summed E-state index contributed by atoms with van der Waals surface area (Å²) in [6.07, 6.45) is 3.84. The first-order valence-electron chi connectivity index (χ1n) is 10.3. The second-order valence-corrected chi connectivity index (χ2v) is 7.79. The first-order valence-corrected chi connectivity index (χ1v) is 10.3. The van der Waals surface area contributed by atoms with Gasteiger partial charge in [0.2, 0.25) is 11.8 Å². The van der Waals surface area contributed by atoms with Crippen LogP contribution in [0.4, 0.5) is 5.69 Å². The predicted octanol–water partition coefficient (Wildman–Crippen LogP) is 4.11. The average Bonchev–Trinajstić information content (AvgIpc) is 2.76. The highest BCUT2D eigenvalue weighted by molar-refractivity contribution is 5.92. The summed E-state index contributed by atoms with van der Waals surface area (Å²) < 4.78 is 5.16. The molecule has 0 atom stereocenters. The Hall–Kier alpha value is -2.82. The van der Waals surface area contributed by atoms with Gasteiger partial charge < -0.3 is 15.4 Å². The van der Waals surface area contributed by atoms with Gasteiger partial charge in [-0.3, -0.25) is 9.59 Å². The molecule has 5 nitrogen and oxygen atoms in total. The van der Waals surface area contributed by atoms with E-state index in [-0.39, 0.29) is 23.7 Å². The Morgan fingerprint density at radius 2 is 1.48 bits per heavy atom. The zero-order valence-electron chi connectivity index (χ0n) is 17.2. The molecule has 3 rings (SSSR count). The Bertz CT molecular complexity index is 807. The van der Waals surface area contributed by atoms with E-state index in [9.17, 15) is 9.59 Å². The molecule has 0 radical (unpaired) electrons. The minimum Gasteiger partial charge on any atom is -0.497 e. The number of methoxy groups -OCH3 is 1. The smallest absolute Gasteiger partial charge is 0.227 e. The largest absolute Gasteiger partial charge is 0.497 e. The topological polar surface area (TPSA) is 67.4 Å². The van der Waals surface area contributed by atoms with Crippen molar-refractivity contribution < 1.29 is 14.3 Å². The number of aryl methyl sites for hydroxylation is 1. The minimum atomic E-state index is -0.0142. The third kappa shape index (κ3) is 6.08. The fourth-order valence-corrected chi connectivity index (χ4v) is 3.77. The van der Waals surface area contributed by atoms with Gasteiger partial charge in [-0.1, -0.05) is 29.8 Å². The van der Waals surface area contributed by atoms with Crippen LogP contribution in [-0.2, 0) is 16.0 Å². The van der Waals surface area contributed by atoms with Crippen LogP contribution in [0.1, 0.15) is 36.8 Å². The molecule has 154 valence electrons. The van der Waals surface area contributed by atoms with Gasteiger partial charge in [-0.15, -0.1) is 0 Å². The lowest BCUT2D eigenvalue weighted by Gasteiger charge is -2.27. The SMILES string of the molecule is COc1ccc(CCNC(=O)C2CCC(C(=O)Nc3ccc(C)cc3)CC2)cc1. The van der Waals surface area contributed by atoms with Crippen LogP contribution >= 0.6 is 0 Å². The number of carbonyl (C=O) groups is 2. The molecular formula is C24H30N2O3. The fraction of sp³-hybridized carbons (Fsp3) is 0.417. The van der Waals surface area contributed by atoms with E-state index in [0.717, 1.165) is 43.5 Å². The molecule has 0 spiro atoms. The summed E-state index contributed by atoms with van der Waals surface area (Å²) in [5, 5.41) is 6.04. The Labute approximate surface area is 172 Å². The molecule has 0 aliphatic heterocycles. The first kappa shape index (κ1) is 20.9. The lowest BCUT2D eigenvalue weighted by atomic mass is 9.81. The summed E-state index contributed by atoms with van der Waals surface area (Å²) in [7, 11) is 1.65. The van der Waals surface area contributed by atoms with Gasteiger partial charge in [-0.05, 0) is 68.9 Å².